The van der Waals surface area contributed by atoms with Crippen molar-refractivity contribution in [3.05, 3.63) is 74.9 Å². The van der Waals surface area contributed by atoms with E-state index in [1.165, 1.54) is 35.6 Å². The molecule has 202 valence electrons. The van der Waals surface area contributed by atoms with E-state index in [0.29, 0.717) is 22.6 Å². The molecule has 0 spiro atoms. The third kappa shape index (κ3) is 5.91. The van der Waals surface area contributed by atoms with Gasteiger partial charge in [0.25, 0.3) is 5.91 Å². The zero-order valence-electron chi connectivity index (χ0n) is 20.5. The average Bonchev–Trinajstić information content (AvgIpc) is 3.19. The highest BCUT2D eigenvalue weighted by atomic mass is 35.5. The first-order valence-electron chi connectivity index (χ1n) is 11.3. The summed E-state index contributed by atoms with van der Waals surface area (Å²) in [5.41, 5.74) is -0.619. The molecule has 0 fully saturated rings. The van der Waals surface area contributed by atoms with E-state index >= 15 is 0 Å². The molecule has 0 saturated heterocycles. The minimum atomic E-state index is -4.75. The molecule has 0 aliphatic rings. The number of carbonyl (C=O) groups is 3. The van der Waals surface area contributed by atoms with E-state index in [9.17, 15) is 32.3 Å². The van der Waals surface area contributed by atoms with Gasteiger partial charge in [0.2, 0.25) is 6.41 Å². The number of esters is 1. The standard InChI is InChI=1S/C25H23ClF3N3O6/c1-4-32-19-10-9-16(11-20(19)38-24(32)36)30(3)13-17(23(35)37-5-2)22(34)31(14-33)12-15-7-6-8-18(21(15)26)25(27,28)29/h6-11,13-14H,4-5,12H2,1-3H3/b17-13+. The molecule has 13 heteroatoms. The molecule has 0 radical (unpaired) electrons. The molecule has 2 amide bonds. The van der Waals surface area contributed by atoms with Gasteiger partial charge in [-0.2, -0.15) is 13.2 Å². The zero-order chi connectivity index (χ0) is 28.2. The van der Waals surface area contributed by atoms with Gasteiger partial charge in [0.1, 0.15) is 5.57 Å². The molecule has 0 N–H and O–H groups in total. The fraction of sp³-hybridized carbons (Fsp3) is 0.280. The van der Waals surface area contributed by atoms with E-state index in [0.717, 1.165) is 18.3 Å². The van der Waals surface area contributed by atoms with Gasteiger partial charge in [-0.25, -0.2) is 9.59 Å². The summed E-state index contributed by atoms with van der Waals surface area (Å²) in [6.07, 6.45) is -3.55. The first-order chi connectivity index (χ1) is 17.9. The second kappa shape index (κ2) is 11.5. The molecule has 0 aliphatic heterocycles. The maximum atomic E-state index is 13.2. The Balaban J connectivity index is 1.98. The number of anilines is 1. The van der Waals surface area contributed by atoms with Crippen LogP contribution in [0.3, 0.4) is 0 Å². The molecule has 0 saturated carbocycles. The van der Waals surface area contributed by atoms with Crippen molar-refractivity contribution in [2.45, 2.75) is 33.1 Å². The Morgan fingerprint density at radius 3 is 2.50 bits per heavy atom. The van der Waals surface area contributed by atoms with Crippen LogP contribution in [0.1, 0.15) is 25.0 Å². The predicted molar refractivity (Wildman–Crippen MR) is 132 cm³/mol. The van der Waals surface area contributed by atoms with Gasteiger partial charge in [-0.1, -0.05) is 23.7 Å². The number of aromatic nitrogens is 1. The van der Waals surface area contributed by atoms with Crippen molar-refractivity contribution in [2.24, 2.45) is 0 Å². The summed E-state index contributed by atoms with van der Waals surface area (Å²) in [6, 6.07) is 7.86. The zero-order valence-corrected chi connectivity index (χ0v) is 21.3. The smallest absolute Gasteiger partial charge is 0.419 e. The van der Waals surface area contributed by atoms with Gasteiger partial charge in [0.15, 0.2) is 5.58 Å². The highest BCUT2D eigenvalue weighted by molar-refractivity contribution is 6.32. The van der Waals surface area contributed by atoms with Gasteiger partial charge in [-0.05, 0) is 37.6 Å². The van der Waals surface area contributed by atoms with Crippen molar-refractivity contribution in [2.75, 3.05) is 18.6 Å². The summed E-state index contributed by atoms with van der Waals surface area (Å²) in [6.45, 7) is 2.96. The van der Waals surface area contributed by atoms with Crippen LogP contribution in [0.25, 0.3) is 11.1 Å². The van der Waals surface area contributed by atoms with Crippen molar-refractivity contribution in [1.82, 2.24) is 9.47 Å². The van der Waals surface area contributed by atoms with Crippen molar-refractivity contribution in [3.8, 4) is 0 Å². The molecule has 38 heavy (non-hydrogen) atoms. The van der Waals surface area contributed by atoms with Crippen LogP contribution in [0.2, 0.25) is 5.02 Å². The van der Waals surface area contributed by atoms with Crippen molar-refractivity contribution < 1.29 is 36.7 Å². The molecule has 1 heterocycles. The SMILES string of the molecule is CCOC(=O)/C(=C/N(C)c1ccc2c(c1)oc(=O)n2CC)C(=O)N(C=O)Cc1cccc(C(F)(F)F)c1Cl. The third-order valence-electron chi connectivity index (χ3n) is 5.54. The van der Waals surface area contributed by atoms with E-state index in [4.69, 9.17) is 20.8 Å². The molecule has 2 aromatic carbocycles. The number of nitrogens with zero attached hydrogens (tertiary/aromatic N) is 3. The monoisotopic (exact) mass is 553 g/mol. The number of aryl methyl sites for hydroxylation is 1. The van der Waals surface area contributed by atoms with Gasteiger partial charge < -0.3 is 14.1 Å². The topological polar surface area (TPSA) is 102 Å². The Bertz CT molecular complexity index is 1460. The number of alkyl halides is 3. The molecule has 3 rings (SSSR count). The lowest BCUT2D eigenvalue weighted by atomic mass is 10.1. The summed E-state index contributed by atoms with van der Waals surface area (Å²) in [5, 5.41) is -0.674. The number of oxazole rings is 1. The van der Waals surface area contributed by atoms with Crippen LogP contribution < -0.4 is 10.7 Å². The predicted octanol–water partition coefficient (Wildman–Crippen LogP) is 4.36. The fourth-order valence-electron chi connectivity index (χ4n) is 3.66. The number of amides is 2. The Morgan fingerprint density at radius 2 is 1.89 bits per heavy atom. The van der Waals surface area contributed by atoms with E-state index in [2.05, 4.69) is 0 Å². The van der Waals surface area contributed by atoms with Gasteiger partial charge in [-0.15, -0.1) is 0 Å². The molecule has 1 aromatic heterocycles. The van der Waals surface area contributed by atoms with Crippen LogP contribution in [0, 0.1) is 0 Å². The Labute approximate surface area is 219 Å². The second-order valence-electron chi connectivity index (χ2n) is 7.95. The normalized spacial score (nSPS) is 11.9. The number of fused-ring (bicyclic) bond motifs is 1. The first kappa shape index (κ1) is 28.5. The molecule has 9 nitrogen and oxygen atoms in total. The fourth-order valence-corrected chi connectivity index (χ4v) is 3.96. The summed E-state index contributed by atoms with van der Waals surface area (Å²) < 4.78 is 51.3. The first-order valence-corrected chi connectivity index (χ1v) is 11.7. The van der Waals surface area contributed by atoms with E-state index < -0.39 is 46.5 Å². The lowest BCUT2D eigenvalue weighted by Gasteiger charge is -2.21. The highest BCUT2D eigenvalue weighted by Gasteiger charge is 2.34. The van der Waals surface area contributed by atoms with Crippen LogP contribution in [0.5, 0.6) is 0 Å². The molecular formula is C25H23ClF3N3O6. The number of ether oxygens (including phenoxy) is 1. The number of halogens is 4. The largest absolute Gasteiger partial charge is 0.462 e. The van der Waals surface area contributed by atoms with E-state index in [1.807, 2.05) is 0 Å². The van der Waals surface area contributed by atoms with Crippen LogP contribution in [0.4, 0.5) is 18.9 Å². The molecule has 0 aliphatic carbocycles. The summed E-state index contributed by atoms with van der Waals surface area (Å²) in [5.74, 6) is -2.73. The Kier molecular flexibility index (Phi) is 8.67. The number of hydrogen-bond donors (Lipinski definition) is 0. The molecule has 3 aromatic rings. The van der Waals surface area contributed by atoms with Crippen molar-refractivity contribution in [1.29, 1.82) is 0 Å². The summed E-state index contributed by atoms with van der Waals surface area (Å²) in [7, 11) is 1.50. The van der Waals surface area contributed by atoms with Gasteiger partial charge >= 0.3 is 17.9 Å². The van der Waals surface area contributed by atoms with Crippen LogP contribution in [0.15, 0.2) is 57.4 Å². The number of benzene rings is 2. The second-order valence-corrected chi connectivity index (χ2v) is 8.33. The minimum absolute atomic E-state index is 0.0835. The number of hydrogen-bond acceptors (Lipinski definition) is 7. The third-order valence-corrected chi connectivity index (χ3v) is 5.98. The van der Waals surface area contributed by atoms with Crippen LogP contribution in [-0.2, 0) is 38.4 Å². The highest BCUT2D eigenvalue weighted by Crippen LogP contribution is 2.36. The van der Waals surface area contributed by atoms with Gasteiger partial charge in [0, 0.05) is 31.5 Å². The van der Waals surface area contributed by atoms with E-state index in [-0.39, 0.29) is 24.2 Å². The summed E-state index contributed by atoms with van der Waals surface area (Å²) in [4.78, 5) is 51.6. The number of rotatable bonds is 9. The minimum Gasteiger partial charge on any atom is -0.462 e. The van der Waals surface area contributed by atoms with Gasteiger partial charge in [-0.3, -0.25) is 19.1 Å². The maximum absolute atomic E-state index is 13.2. The molecule has 0 unspecified atom stereocenters. The van der Waals surface area contributed by atoms with E-state index in [1.54, 1.807) is 19.1 Å². The summed E-state index contributed by atoms with van der Waals surface area (Å²) >= 11 is 5.91. The average molecular weight is 554 g/mol. The van der Waals surface area contributed by atoms with Crippen LogP contribution >= 0.6 is 11.6 Å². The van der Waals surface area contributed by atoms with Gasteiger partial charge in [0.05, 0.1) is 29.3 Å². The Hall–Kier alpha value is -4.06. The van der Waals surface area contributed by atoms with Crippen molar-refractivity contribution >= 4 is 46.7 Å². The quantitative estimate of drug-likeness (QED) is 0.128. The molecule has 0 bridgehead atoms. The molecular weight excluding hydrogens is 531 g/mol. The maximum Gasteiger partial charge on any atom is 0.419 e. The van der Waals surface area contributed by atoms with Crippen LogP contribution in [-0.4, -0.2) is 41.4 Å². The number of imide groups is 1. The molecule has 0 atom stereocenters. The van der Waals surface area contributed by atoms with Crippen molar-refractivity contribution in [3.63, 3.8) is 0 Å². The Morgan fingerprint density at radius 1 is 1.18 bits per heavy atom. The lowest BCUT2D eigenvalue weighted by Crippen LogP contribution is -2.34. The lowest BCUT2D eigenvalue weighted by molar-refractivity contribution is -0.143. The number of carbonyl (C=O) groups excluding carboxylic acids is 3.